The van der Waals surface area contributed by atoms with E-state index < -0.39 is 0 Å². The number of rotatable bonds is 6. The Morgan fingerprint density at radius 1 is 1.30 bits per heavy atom. The molecule has 0 saturated carbocycles. The van der Waals surface area contributed by atoms with Crippen LogP contribution in [-0.4, -0.2) is 16.5 Å². The Bertz CT molecular complexity index is 554. The molecule has 0 N–H and O–H groups in total. The zero-order chi connectivity index (χ0) is 14.5. The predicted molar refractivity (Wildman–Crippen MR) is 86.8 cm³/mol. The van der Waals surface area contributed by atoms with Gasteiger partial charge in [0.2, 0.25) is 0 Å². The Labute approximate surface area is 129 Å². The molecule has 5 heteroatoms. The van der Waals surface area contributed by atoms with Gasteiger partial charge in [-0.3, -0.25) is 0 Å². The molecule has 0 radical (unpaired) electrons. The third kappa shape index (κ3) is 3.49. The summed E-state index contributed by atoms with van der Waals surface area (Å²) in [5, 5.41) is 2.67. The van der Waals surface area contributed by atoms with Crippen LogP contribution in [0.4, 0.5) is 5.82 Å². The second kappa shape index (κ2) is 7.04. The van der Waals surface area contributed by atoms with E-state index in [4.69, 9.17) is 16.6 Å². The monoisotopic (exact) mass is 309 g/mol. The summed E-state index contributed by atoms with van der Waals surface area (Å²) in [7, 11) is 0. The molecule has 0 aliphatic heterocycles. The average molecular weight is 310 g/mol. The number of hydrogen-bond donors (Lipinski definition) is 0. The van der Waals surface area contributed by atoms with Crippen LogP contribution in [0, 0.1) is 6.92 Å². The third-order valence-corrected chi connectivity index (χ3v) is 4.42. The van der Waals surface area contributed by atoms with E-state index in [1.165, 1.54) is 4.88 Å². The molecule has 0 aliphatic carbocycles. The summed E-state index contributed by atoms with van der Waals surface area (Å²) in [6.45, 7) is 8.03. The molecule has 0 atom stereocenters. The molecule has 2 aromatic rings. The number of nitrogens with zero attached hydrogens (tertiary/aromatic N) is 3. The fourth-order valence-electron chi connectivity index (χ4n) is 2.09. The Kier molecular flexibility index (Phi) is 5.38. The van der Waals surface area contributed by atoms with E-state index in [1.807, 2.05) is 6.92 Å². The predicted octanol–water partition coefficient (Wildman–Crippen LogP) is 4.48. The van der Waals surface area contributed by atoms with Crippen molar-refractivity contribution in [3.63, 3.8) is 0 Å². The van der Waals surface area contributed by atoms with Crippen LogP contribution in [0.25, 0.3) is 0 Å². The van der Waals surface area contributed by atoms with Crippen molar-refractivity contribution in [2.24, 2.45) is 0 Å². The number of anilines is 1. The molecular weight excluding hydrogens is 290 g/mol. The van der Waals surface area contributed by atoms with Crippen molar-refractivity contribution >= 4 is 28.8 Å². The van der Waals surface area contributed by atoms with Crippen LogP contribution >= 0.6 is 22.9 Å². The highest BCUT2D eigenvalue weighted by Crippen LogP contribution is 2.26. The summed E-state index contributed by atoms with van der Waals surface area (Å²) in [5.74, 6) is 1.80. The van der Waals surface area contributed by atoms with Gasteiger partial charge in [-0.25, -0.2) is 9.97 Å². The number of hydrogen-bond acceptors (Lipinski definition) is 4. The Morgan fingerprint density at radius 3 is 2.70 bits per heavy atom. The number of thiophene rings is 1. The van der Waals surface area contributed by atoms with Crippen molar-refractivity contribution < 1.29 is 0 Å². The minimum absolute atomic E-state index is 0.572. The molecule has 0 aromatic carbocycles. The van der Waals surface area contributed by atoms with Gasteiger partial charge in [-0.2, -0.15) is 0 Å². The van der Waals surface area contributed by atoms with Crippen LogP contribution in [0.1, 0.15) is 36.5 Å². The van der Waals surface area contributed by atoms with Gasteiger partial charge in [0.1, 0.15) is 16.8 Å². The van der Waals surface area contributed by atoms with Crippen molar-refractivity contribution in [3.8, 4) is 0 Å². The molecule has 108 valence electrons. The van der Waals surface area contributed by atoms with Gasteiger partial charge >= 0.3 is 0 Å². The van der Waals surface area contributed by atoms with Gasteiger partial charge in [0.25, 0.3) is 0 Å². The molecule has 0 amide bonds. The van der Waals surface area contributed by atoms with Crippen LogP contribution in [0.2, 0.25) is 5.15 Å². The number of halogens is 1. The van der Waals surface area contributed by atoms with E-state index >= 15 is 0 Å². The highest BCUT2D eigenvalue weighted by Gasteiger charge is 2.15. The Balaban J connectivity index is 2.32. The van der Waals surface area contributed by atoms with Gasteiger partial charge < -0.3 is 4.90 Å². The molecule has 3 nitrogen and oxygen atoms in total. The molecular formula is C15H20ClN3S. The first-order chi connectivity index (χ1) is 9.65. The van der Waals surface area contributed by atoms with Gasteiger partial charge in [-0.05, 0) is 31.7 Å². The van der Waals surface area contributed by atoms with Gasteiger partial charge in [-0.1, -0.05) is 24.6 Å². The van der Waals surface area contributed by atoms with Crippen molar-refractivity contribution in [2.75, 3.05) is 11.4 Å². The maximum atomic E-state index is 6.26. The van der Waals surface area contributed by atoms with Crippen molar-refractivity contribution in [2.45, 2.75) is 40.2 Å². The fourth-order valence-corrected chi connectivity index (χ4v) is 2.99. The minimum Gasteiger partial charge on any atom is -0.351 e. The molecule has 20 heavy (non-hydrogen) atoms. The first-order valence-corrected chi connectivity index (χ1v) is 8.21. The van der Waals surface area contributed by atoms with E-state index in [9.17, 15) is 0 Å². The summed E-state index contributed by atoms with van der Waals surface area (Å²) in [5.41, 5.74) is 0.963. The second-order valence-corrected chi connectivity index (χ2v) is 6.11. The smallest absolute Gasteiger partial charge is 0.137 e. The fraction of sp³-hybridized carbons (Fsp3) is 0.467. The number of aryl methyl sites for hydroxylation is 1. The maximum Gasteiger partial charge on any atom is 0.137 e. The SMILES string of the molecule is CCCc1nc(Cl)c(C)c(N(CC)Cc2cccs2)n1. The summed E-state index contributed by atoms with van der Waals surface area (Å²) >= 11 is 8.03. The zero-order valence-corrected chi connectivity index (χ0v) is 13.8. The van der Waals surface area contributed by atoms with Gasteiger partial charge in [-0.15, -0.1) is 11.3 Å². The van der Waals surface area contributed by atoms with Gasteiger partial charge in [0, 0.05) is 23.4 Å². The second-order valence-electron chi connectivity index (χ2n) is 4.72. The highest BCUT2D eigenvalue weighted by molar-refractivity contribution is 7.09. The molecule has 0 saturated heterocycles. The quantitative estimate of drug-likeness (QED) is 0.737. The minimum atomic E-state index is 0.572. The molecule has 0 fully saturated rings. The van der Waals surface area contributed by atoms with Crippen LogP contribution in [-0.2, 0) is 13.0 Å². The van der Waals surface area contributed by atoms with Crippen LogP contribution in [0.15, 0.2) is 17.5 Å². The standard InChI is InChI=1S/C15H20ClN3S/c1-4-7-13-17-14(16)11(3)15(18-13)19(5-2)10-12-8-6-9-20-12/h6,8-9H,4-5,7,10H2,1-3H3. The van der Waals surface area contributed by atoms with Crippen molar-refractivity contribution in [1.29, 1.82) is 0 Å². The van der Waals surface area contributed by atoms with Crippen molar-refractivity contribution in [3.05, 3.63) is 38.9 Å². The summed E-state index contributed by atoms with van der Waals surface area (Å²) < 4.78 is 0. The van der Waals surface area contributed by atoms with E-state index in [0.717, 1.165) is 43.1 Å². The van der Waals surface area contributed by atoms with E-state index in [0.29, 0.717) is 5.15 Å². The zero-order valence-electron chi connectivity index (χ0n) is 12.2. The molecule has 2 heterocycles. The normalized spacial score (nSPS) is 10.8. The van der Waals surface area contributed by atoms with Crippen molar-refractivity contribution in [1.82, 2.24) is 9.97 Å². The first-order valence-electron chi connectivity index (χ1n) is 6.96. The number of aromatic nitrogens is 2. The van der Waals surface area contributed by atoms with E-state index in [-0.39, 0.29) is 0 Å². The molecule has 0 aliphatic rings. The maximum absolute atomic E-state index is 6.26. The Morgan fingerprint density at radius 2 is 2.10 bits per heavy atom. The lowest BCUT2D eigenvalue weighted by Crippen LogP contribution is -2.24. The van der Waals surface area contributed by atoms with E-state index in [2.05, 4.69) is 41.2 Å². The molecule has 2 aromatic heterocycles. The van der Waals surface area contributed by atoms with Crippen LogP contribution in [0.3, 0.4) is 0 Å². The lowest BCUT2D eigenvalue weighted by molar-refractivity contribution is 0.778. The third-order valence-electron chi connectivity index (χ3n) is 3.19. The van der Waals surface area contributed by atoms with Gasteiger partial charge in [0.15, 0.2) is 0 Å². The largest absolute Gasteiger partial charge is 0.351 e. The topological polar surface area (TPSA) is 29.0 Å². The Hall–Kier alpha value is -1.13. The molecule has 2 rings (SSSR count). The molecule has 0 bridgehead atoms. The first kappa shape index (κ1) is 15.3. The van der Waals surface area contributed by atoms with Crippen LogP contribution < -0.4 is 4.90 Å². The van der Waals surface area contributed by atoms with Crippen LogP contribution in [0.5, 0.6) is 0 Å². The molecule has 0 unspecified atom stereocenters. The summed E-state index contributed by atoms with van der Waals surface area (Å²) in [6.07, 6.45) is 1.89. The summed E-state index contributed by atoms with van der Waals surface area (Å²) in [6, 6.07) is 4.23. The molecule has 0 spiro atoms. The lowest BCUT2D eigenvalue weighted by Gasteiger charge is -2.24. The highest BCUT2D eigenvalue weighted by atomic mass is 35.5. The average Bonchev–Trinajstić information content (AvgIpc) is 2.93. The van der Waals surface area contributed by atoms with Gasteiger partial charge in [0.05, 0.1) is 6.54 Å². The van der Waals surface area contributed by atoms with E-state index in [1.54, 1.807) is 11.3 Å². The lowest BCUT2D eigenvalue weighted by atomic mass is 10.2. The summed E-state index contributed by atoms with van der Waals surface area (Å²) in [4.78, 5) is 12.7.